The topological polar surface area (TPSA) is 29.5 Å². The van der Waals surface area contributed by atoms with Crippen molar-refractivity contribution < 1.29 is 9.84 Å². The largest absolute Gasteiger partial charge is 0.390 e. The van der Waals surface area contributed by atoms with E-state index in [0.717, 1.165) is 31.3 Å². The second-order valence-electron chi connectivity index (χ2n) is 3.99. The van der Waals surface area contributed by atoms with Gasteiger partial charge in [0.05, 0.1) is 11.7 Å². The Labute approximate surface area is 88.0 Å². The van der Waals surface area contributed by atoms with E-state index in [-0.39, 0.29) is 11.7 Å². The van der Waals surface area contributed by atoms with Crippen LogP contribution >= 0.6 is 0 Å². The van der Waals surface area contributed by atoms with Gasteiger partial charge in [0, 0.05) is 7.11 Å². The Morgan fingerprint density at radius 1 is 1.43 bits per heavy atom. The molecule has 1 atom stereocenters. The van der Waals surface area contributed by atoms with E-state index in [2.05, 4.69) is 20.4 Å². The zero-order valence-electron chi connectivity index (χ0n) is 9.97. The Morgan fingerprint density at radius 3 is 2.21 bits per heavy atom. The van der Waals surface area contributed by atoms with Gasteiger partial charge in [0.2, 0.25) is 0 Å². The smallest absolute Gasteiger partial charge is 0.0931 e. The van der Waals surface area contributed by atoms with Gasteiger partial charge >= 0.3 is 0 Å². The second kappa shape index (κ2) is 6.20. The highest BCUT2D eigenvalue weighted by Crippen LogP contribution is 2.27. The van der Waals surface area contributed by atoms with Gasteiger partial charge in [-0.3, -0.25) is 0 Å². The molecule has 0 radical (unpaired) electrons. The highest BCUT2D eigenvalue weighted by atomic mass is 16.5. The van der Waals surface area contributed by atoms with Gasteiger partial charge in [0.25, 0.3) is 0 Å². The van der Waals surface area contributed by atoms with Gasteiger partial charge in [-0.1, -0.05) is 19.4 Å². The number of aliphatic hydroxyl groups excluding tert-OH is 1. The summed E-state index contributed by atoms with van der Waals surface area (Å²) in [6.45, 7) is 9.93. The average molecular weight is 200 g/mol. The lowest BCUT2D eigenvalue weighted by Gasteiger charge is -2.35. The molecule has 0 bridgehead atoms. The molecule has 0 aromatic heterocycles. The highest BCUT2D eigenvalue weighted by molar-refractivity contribution is 4.92. The summed E-state index contributed by atoms with van der Waals surface area (Å²) in [7, 11) is 1.68. The molecule has 14 heavy (non-hydrogen) atoms. The van der Waals surface area contributed by atoms with Crippen LogP contribution in [0.2, 0.25) is 0 Å². The first kappa shape index (κ1) is 13.7. The first-order valence-corrected chi connectivity index (χ1v) is 5.40. The van der Waals surface area contributed by atoms with Crippen molar-refractivity contribution in [2.45, 2.75) is 58.2 Å². The second-order valence-corrected chi connectivity index (χ2v) is 3.99. The van der Waals surface area contributed by atoms with Crippen molar-refractivity contribution in [2.24, 2.45) is 0 Å². The molecule has 0 fully saturated rings. The van der Waals surface area contributed by atoms with Gasteiger partial charge in [0.15, 0.2) is 0 Å². The molecule has 0 saturated carbocycles. The quantitative estimate of drug-likeness (QED) is 0.640. The van der Waals surface area contributed by atoms with Crippen molar-refractivity contribution >= 4 is 0 Å². The van der Waals surface area contributed by atoms with Crippen molar-refractivity contribution in [3.8, 4) is 0 Å². The summed E-state index contributed by atoms with van der Waals surface area (Å²) in [6.07, 6.45) is 2.91. The first-order chi connectivity index (χ1) is 6.52. The van der Waals surface area contributed by atoms with Crippen LogP contribution in [0, 0.1) is 0 Å². The van der Waals surface area contributed by atoms with Crippen molar-refractivity contribution in [3.63, 3.8) is 0 Å². The zero-order chi connectivity index (χ0) is 11.2. The summed E-state index contributed by atoms with van der Waals surface area (Å²) in [5.74, 6) is 0. The van der Waals surface area contributed by atoms with Crippen LogP contribution in [0.3, 0.4) is 0 Å². The summed E-state index contributed by atoms with van der Waals surface area (Å²) < 4.78 is 5.45. The number of methoxy groups -OCH3 is 1. The van der Waals surface area contributed by atoms with Crippen molar-refractivity contribution in [1.29, 1.82) is 0 Å². The van der Waals surface area contributed by atoms with Gasteiger partial charge in [-0.2, -0.15) is 0 Å². The molecule has 0 aliphatic carbocycles. The van der Waals surface area contributed by atoms with E-state index in [1.165, 1.54) is 0 Å². The summed E-state index contributed by atoms with van der Waals surface area (Å²) in [5.41, 5.74) is 0.747. The lowest BCUT2D eigenvalue weighted by molar-refractivity contribution is -0.109. The Balaban J connectivity index is 4.28. The molecule has 0 saturated heterocycles. The minimum Gasteiger partial charge on any atom is -0.390 e. The molecule has 0 aliphatic rings. The van der Waals surface area contributed by atoms with Crippen LogP contribution in [-0.2, 0) is 4.74 Å². The Hall–Kier alpha value is -0.340. The molecule has 1 N–H and O–H groups in total. The third-order valence-electron chi connectivity index (χ3n) is 3.06. The zero-order valence-corrected chi connectivity index (χ0v) is 9.97. The van der Waals surface area contributed by atoms with Crippen molar-refractivity contribution in [2.75, 3.05) is 7.11 Å². The Kier molecular flexibility index (Phi) is 6.05. The van der Waals surface area contributed by atoms with E-state index >= 15 is 0 Å². The van der Waals surface area contributed by atoms with E-state index in [9.17, 15) is 5.11 Å². The lowest BCUT2D eigenvalue weighted by Crippen LogP contribution is -2.43. The lowest BCUT2D eigenvalue weighted by atomic mass is 9.87. The van der Waals surface area contributed by atoms with E-state index in [1.807, 2.05) is 6.92 Å². The normalized spacial score (nSPS) is 14.1. The summed E-state index contributed by atoms with van der Waals surface area (Å²) >= 11 is 0. The molecule has 84 valence electrons. The first-order valence-electron chi connectivity index (χ1n) is 5.40. The molecular formula is C12H24O2. The number of ether oxygens (including phenoxy) is 1. The van der Waals surface area contributed by atoms with Gasteiger partial charge in [-0.25, -0.2) is 0 Å². The SMILES string of the molecule is C=C(C)CCC(O)C(CC)(CC)OC. The minimum absolute atomic E-state index is 0.366. The van der Waals surface area contributed by atoms with Crippen molar-refractivity contribution in [1.82, 2.24) is 0 Å². The summed E-state index contributed by atoms with van der Waals surface area (Å²) in [6, 6.07) is 0. The van der Waals surface area contributed by atoms with Gasteiger partial charge in [-0.05, 0) is 32.6 Å². The monoisotopic (exact) mass is 200 g/mol. The van der Waals surface area contributed by atoms with Crippen LogP contribution in [-0.4, -0.2) is 23.9 Å². The summed E-state index contributed by atoms with van der Waals surface area (Å²) in [4.78, 5) is 0. The maximum Gasteiger partial charge on any atom is 0.0931 e. The predicted octanol–water partition coefficient (Wildman–Crippen LogP) is 2.91. The molecule has 0 aromatic rings. The maximum absolute atomic E-state index is 10.0. The summed E-state index contributed by atoms with van der Waals surface area (Å²) in [5, 5.41) is 10.0. The Bertz CT molecular complexity index is 163. The van der Waals surface area contributed by atoms with E-state index in [0.29, 0.717) is 0 Å². The third-order valence-corrected chi connectivity index (χ3v) is 3.06. The molecule has 0 rings (SSSR count). The number of allylic oxidation sites excluding steroid dienone is 1. The van der Waals surface area contributed by atoms with E-state index in [4.69, 9.17) is 4.74 Å². The predicted molar refractivity (Wildman–Crippen MR) is 60.4 cm³/mol. The fourth-order valence-electron chi connectivity index (χ4n) is 1.79. The molecule has 0 amide bonds. The fraction of sp³-hybridized carbons (Fsp3) is 0.833. The molecule has 0 heterocycles. The fourth-order valence-corrected chi connectivity index (χ4v) is 1.79. The minimum atomic E-state index is -0.390. The van der Waals surface area contributed by atoms with Crippen LogP contribution in [0.15, 0.2) is 12.2 Å². The molecule has 0 spiro atoms. The van der Waals surface area contributed by atoms with Crippen LogP contribution in [0.5, 0.6) is 0 Å². The van der Waals surface area contributed by atoms with E-state index < -0.39 is 0 Å². The average Bonchev–Trinajstić information content (AvgIpc) is 2.18. The van der Waals surface area contributed by atoms with Crippen LogP contribution in [0.1, 0.15) is 46.5 Å². The standard InChI is InChI=1S/C12H24O2/c1-6-12(7-2,14-5)11(13)9-8-10(3)4/h11,13H,3,6-9H2,1-2,4-5H3. The number of hydrogen-bond acceptors (Lipinski definition) is 2. The molecule has 1 unspecified atom stereocenters. The Morgan fingerprint density at radius 2 is 1.93 bits per heavy atom. The van der Waals surface area contributed by atoms with Crippen LogP contribution in [0.25, 0.3) is 0 Å². The van der Waals surface area contributed by atoms with Crippen LogP contribution < -0.4 is 0 Å². The molecule has 2 heteroatoms. The number of hydrogen-bond donors (Lipinski definition) is 1. The number of aliphatic hydroxyl groups is 1. The van der Waals surface area contributed by atoms with Gasteiger partial charge in [0.1, 0.15) is 0 Å². The maximum atomic E-state index is 10.0. The molecule has 0 aromatic carbocycles. The molecular weight excluding hydrogens is 176 g/mol. The highest BCUT2D eigenvalue weighted by Gasteiger charge is 2.33. The third kappa shape index (κ3) is 3.43. The van der Waals surface area contributed by atoms with Crippen molar-refractivity contribution in [3.05, 3.63) is 12.2 Å². The van der Waals surface area contributed by atoms with Crippen LogP contribution in [0.4, 0.5) is 0 Å². The number of rotatable bonds is 7. The molecule has 2 nitrogen and oxygen atoms in total. The van der Waals surface area contributed by atoms with Gasteiger partial charge in [-0.15, -0.1) is 6.58 Å². The van der Waals surface area contributed by atoms with E-state index in [1.54, 1.807) is 7.11 Å². The van der Waals surface area contributed by atoms with Gasteiger partial charge < -0.3 is 9.84 Å². The molecule has 0 aliphatic heterocycles.